The van der Waals surface area contributed by atoms with Crippen LogP contribution in [-0.4, -0.2) is 34.4 Å². The summed E-state index contributed by atoms with van der Waals surface area (Å²) in [7, 11) is 0.183. The van der Waals surface area contributed by atoms with Gasteiger partial charge in [0.1, 0.15) is 10.6 Å². The first kappa shape index (κ1) is 15.3. The molecular weight excluding hydrogens is 274 g/mol. The van der Waals surface area contributed by atoms with E-state index in [1.54, 1.807) is 24.3 Å². The second-order valence-electron chi connectivity index (χ2n) is 5.34. The van der Waals surface area contributed by atoms with Gasteiger partial charge in [0.2, 0.25) is 0 Å². The van der Waals surface area contributed by atoms with E-state index in [1.807, 2.05) is 7.05 Å². The van der Waals surface area contributed by atoms with Crippen LogP contribution in [0.15, 0.2) is 29.2 Å². The normalized spacial score (nSPS) is 22.9. The van der Waals surface area contributed by atoms with Crippen LogP contribution < -0.4 is 10.1 Å². The average molecular weight is 297 g/mol. The SMILES string of the molecule is CNC1CCCC1CCS(=O)(=O)c1ccccc1OC. The summed E-state index contributed by atoms with van der Waals surface area (Å²) in [5.41, 5.74) is 0. The van der Waals surface area contributed by atoms with Crippen molar-refractivity contribution in [2.24, 2.45) is 5.92 Å². The Morgan fingerprint density at radius 1 is 1.30 bits per heavy atom. The van der Waals surface area contributed by atoms with E-state index < -0.39 is 9.84 Å². The maximum Gasteiger partial charge on any atom is 0.182 e. The molecule has 0 spiro atoms. The highest BCUT2D eigenvalue weighted by atomic mass is 32.2. The van der Waals surface area contributed by atoms with Crippen molar-refractivity contribution in [1.82, 2.24) is 5.32 Å². The first-order chi connectivity index (χ1) is 9.58. The molecule has 5 heteroatoms. The Bertz CT molecular complexity index is 542. The van der Waals surface area contributed by atoms with Gasteiger partial charge < -0.3 is 10.1 Å². The molecule has 2 rings (SSSR count). The quantitative estimate of drug-likeness (QED) is 0.875. The zero-order valence-corrected chi connectivity index (χ0v) is 12.9. The molecule has 0 aliphatic heterocycles. The van der Waals surface area contributed by atoms with Gasteiger partial charge in [0.15, 0.2) is 9.84 Å². The monoisotopic (exact) mass is 297 g/mol. The van der Waals surface area contributed by atoms with E-state index in [2.05, 4.69) is 5.32 Å². The Labute approximate surface area is 121 Å². The molecule has 0 heterocycles. The lowest BCUT2D eigenvalue weighted by molar-refractivity contribution is 0.401. The first-order valence-corrected chi connectivity index (χ1v) is 8.76. The molecule has 2 atom stereocenters. The lowest BCUT2D eigenvalue weighted by Gasteiger charge is -2.19. The minimum atomic E-state index is -3.27. The van der Waals surface area contributed by atoms with E-state index in [9.17, 15) is 8.42 Å². The molecule has 4 nitrogen and oxygen atoms in total. The molecule has 1 aliphatic rings. The van der Waals surface area contributed by atoms with Gasteiger partial charge in [-0.3, -0.25) is 0 Å². The van der Waals surface area contributed by atoms with Crippen molar-refractivity contribution < 1.29 is 13.2 Å². The number of hydrogen-bond donors (Lipinski definition) is 1. The zero-order chi connectivity index (χ0) is 14.6. The summed E-state index contributed by atoms with van der Waals surface area (Å²) < 4.78 is 30.1. The Kier molecular flexibility index (Phi) is 5.05. The first-order valence-electron chi connectivity index (χ1n) is 7.11. The van der Waals surface area contributed by atoms with Crippen molar-refractivity contribution in [3.05, 3.63) is 24.3 Å². The summed E-state index contributed by atoms with van der Waals surface area (Å²) in [6.07, 6.45) is 4.17. The molecule has 0 aromatic heterocycles. The summed E-state index contributed by atoms with van der Waals surface area (Å²) in [6.45, 7) is 0. The van der Waals surface area contributed by atoms with Gasteiger partial charge in [0.25, 0.3) is 0 Å². The van der Waals surface area contributed by atoms with Gasteiger partial charge in [-0.25, -0.2) is 8.42 Å². The highest BCUT2D eigenvalue weighted by Gasteiger charge is 2.28. The van der Waals surface area contributed by atoms with Gasteiger partial charge in [-0.05, 0) is 44.4 Å². The molecule has 0 amide bonds. The van der Waals surface area contributed by atoms with Crippen molar-refractivity contribution in [3.8, 4) is 5.75 Å². The maximum absolute atomic E-state index is 12.5. The van der Waals surface area contributed by atoms with Crippen LogP contribution in [0.2, 0.25) is 0 Å². The van der Waals surface area contributed by atoms with Gasteiger partial charge in [-0.15, -0.1) is 0 Å². The molecule has 20 heavy (non-hydrogen) atoms. The minimum absolute atomic E-state index is 0.191. The van der Waals surface area contributed by atoms with Crippen LogP contribution in [0.25, 0.3) is 0 Å². The predicted molar refractivity (Wildman–Crippen MR) is 79.9 cm³/mol. The van der Waals surface area contributed by atoms with Gasteiger partial charge in [-0.1, -0.05) is 18.6 Å². The smallest absolute Gasteiger partial charge is 0.182 e. The zero-order valence-electron chi connectivity index (χ0n) is 12.1. The highest BCUT2D eigenvalue weighted by molar-refractivity contribution is 7.91. The van der Waals surface area contributed by atoms with E-state index in [0.29, 0.717) is 29.0 Å². The third-order valence-corrected chi connectivity index (χ3v) is 5.97. The van der Waals surface area contributed by atoms with Gasteiger partial charge in [-0.2, -0.15) is 0 Å². The fraction of sp³-hybridized carbons (Fsp3) is 0.600. The van der Waals surface area contributed by atoms with E-state index in [-0.39, 0.29) is 5.75 Å². The summed E-state index contributed by atoms with van der Waals surface area (Å²) in [5, 5.41) is 3.29. The molecule has 1 aliphatic carbocycles. The number of methoxy groups -OCH3 is 1. The van der Waals surface area contributed by atoms with Crippen molar-refractivity contribution in [1.29, 1.82) is 0 Å². The highest BCUT2D eigenvalue weighted by Crippen LogP contribution is 2.31. The van der Waals surface area contributed by atoms with E-state index in [0.717, 1.165) is 12.8 Å². The third-order valence-electron chi connectivity index (χ3n) is 4.19. The van der Waals surface area contributed by atoms with Gasteiger partial charge >= 0.3 is 0 Å². The number of sulfone groups is 1. The van der Waals surface area contributed by atoms with Crippen molar-refractivity contribution in [3.63, 3.8) is 0 Å². The summed E-state index contributed by atoms with van der Waals surface area (Å²) in [5.74, 6) is 1.09. The van der Waals surface area contributed by atoms with Crippen LogP contribution in [0.3, 0.4) is 0 Å². The van der Waals surface area contributed by atoms with Crippen molar-refractivity contribution >= 4 is 9.84 Å². The summed E-state index contributed by atoms with van der Waals surface area (Å²) >= 11 is 0. The molecule has 1 saturated carbocycles. The lowest BCUT2D eigenvalue weighted by Crippen LogP contribution is -2.30. The van der Waals surface area contributed by atoms with Crippen LogP contribution in [0.4, 0.5) is 0 Å². The number of hydrogen-bond acceptors (Lipinski definition) is 4. The average Bonchev–Trinajstić information content (AvgIpc) is 2.92. The molecule has 1 aromatic rings. The van der Waals surface area contributed by atoms with Crippen molar-refractivity contribution in [2.75, 3.05) is 19.9 Å². The minimum Gasteiger partial charge on any atom is -0.495 e. The van der Waals surface area contributed by atoms with Crippen LogP contribution in [0.5, 0.6) is 5.75 Å². The fourth-order valence-corrected chi connectivity index (χ4v) is 4.63. The van der Waals surface area contributed by atoms with Crippen LogP contribution >= 0.6 is 0 Å². The summed E-state index contributed by atoms with van der Waals surface area (Å²) in [6, 6.07) is 7.30. The van der Waals surface area contributed by atoms with E-state index in [4.69, 9.17) is 4.74 Å². The van der Waals surface area contributed by atoms with Crippen LogP contribution in [-0.2, 0) is 9.84 Å². The Morgan fingerprint density at radius 2 is 2.05 bits per heavy atom. The Balaban J connectivity index is 2.08. The number of ether oxygens (including phenoxy) is 1. The lowest BCUT2D eigenvalue weighted by atomic mass is 10.0. The largest absolute Gasteiger partial charge is 0.495 e. The molecular formula is C15H23NO3S. The molecule has 112 valence electrons. The molecule has 1 aromatic carbocycles. The second kappa shape index (κ2) is 6.59. The predicted octanol–water partition coefficient (Wildman–Crippen LogP) is 2.25. The van der Waals surface area contributed by atoms with Gasteiger partial charge in [0, 0.05) is 6.04 Å². The molecule has 0 radical (unpaired) electrons. The molecule has 0 bridgehead atoms. The fourth-order valence-electron chi connectivity index (χ4n) is 3.05. The van der Waals surface area contributed by atoms with Crippen molar-refractivity contribution in [2.45, 2.75) is 36.6 Å². The number of benzene rings is 1. The molecule has 2 unspecified atom stereocenters. The van der Waals surface area contributed by atoms with E-state index in [1.165, 1.54) is 13.5 Å². The molecule has 1 N–H and O–H groups in total. The number of nitrogens with one attached hydrogen (secondary N) is 1. The van der Waals surface area contributed by atoms with E-state index >= 15 is 0 Å². The maximum atomic E-state index is 12.5. The second-order valence-corrected chi connectivity index (χ2v) is 7.42. The third kappa shape index (κ3) is 3.33. The van der Waals surface area contributed by atoms with Gasteiger partial charge in [0.05, 0.1) is 12.9 Å². The standard InChI is InChI=1S/C15H23NO3S/c1-16-13-7-5-6-12(13)10-11-20(17,18)15-9-4-3-8-14(15)19-2/h3-4,8-9,12-13,16H,5-7,10-11H2,1-2H3. The Morgan fingerprint density at radius 3 is 2.75 bits per heavy atom. The number of para-hydroxylation sites is 1. The Hall–Kier alpha value is -1.07. The molecule has 0 saturated heterocycles. The topological polar surface area (TPSA) is 55.4 Å². The number of rotatable bonds is 6. The summed E-state index contributed by atoms with van der Waals surface area (Å²) in [4.78, 5) is 0.307. The van der Waals surface area contributed by atoms with Crippen LogP contribution in [0, 0.1) is 5.92 Å². The molecule has 1 fully saturated rings. The van der Waals surface area contributed by atoms with Crippen LogP contribution in [0.1, 0.15) is 25.7 Å².